The van der Waals surface area contributed by atoms with E-state index in [1.54, 1.807) is 29.1 Å². The fraction of sp³-hybridized carbons (Fsp3) is 0.269. The van der Waals surface area contributed by atoms with Gasteiger partial charge in [-0.2, -0.15) is 5.10 Å². The summed E-state index contributed by atoms with van der Waals surface area (Å²) in [7, 11) is 0. The molecule has 1 atom stereocenters. The lowest BCUT2D eigenvalue weighted by Gasteiger charge is -2.36. The monoisotopic (exact) mass is 493 g/mol. The van der Waals surface area contributed by atoms with Crippen LogP contribution >= 0.6 is 23.2 Å². The average molecular weight is 494 g/mol. The maximum absolute atomic E-state index is 13.0. The van der Waals surface area contributed by atoms with Crippen LogP contribution in [0.3, 0.4) is 0 Å². The number of H-pyrrole nitrogens is 1. The van der Waals surface area contributed by atoms with Gasteiger partial charge in [0.1, 0.15) is 0 Å². The molecule has 1 aliphatic heterocycles. The zero-order chi connectivity index (χ0) is 23.5. The largest absolute Gasteiger partial charge is 0.365 e. The smallest absolute Gasteiger partial charge is 0.253 e. The van der Waals surface area contributed by atoms with Gasteiger partial charge in [-0.1, -0.05) is 29.3 Å². The van der Waals surface area contributed by atoms with Crippen molar-refractivity contribution in [1.82, 2.24) is 24.6 Å². The number of amides is 1. The first-order chi connectivity index (χ1) is 16.6. The van der Waals surface area contributed by atoms with E-state index in [1.165, 1.54) is 5.69 Å². The van der Waals surface area contributed by atoms with Crippen molar-refractivity contribution in [2.45, 2.75) is 25.2 Å². The fourth-order valence-electron chi connectivity index (χ4n) is 4.76. The highest BCUT2D eigenvalue weighted by Crippen LogP contribution is 2.35. The lowest BCUT2D eigenvalue weighted by Crippen LogP contribution is -2.40. The van der Waals surface area contributed by atoms with Crippen LogP contribution in [-0.2, 0) is 6.42 Å². The van der Waals surface area contributed by atoms with Crippen molar-refractivity contribution in [3.8, 4) is 5.82 Å². The molecule has 1 amide bonds. The Kier molecular flexibility index (Phi) is 6.70. The molecule has 0 radical (unpaired) electrons. The van der Waals surface area contributed by atoms with Gasteiger partial charge in [0.2, 0.25) is 0 Å². The van der Waals surface area contributed by atoms with Crippen LogP contribution < -0.4 is 0 Å². The highest BCUT2D eigenvalue weighted by atomic mass is 35.5. The fourth-order valence-corrected chi connectivity index (χ4v) is 5.06. The number of rotatable bonds is 6. The topological polar surface area (TPSA) is 66.8 Å². The molecule has 0 spiro atoms. The normalized spacial score (nSPS) is 15.4. The Bertz CT molecular complexity index is 1250. The van der Waals surface area contributed by atoms with Crippen molar-refractivity contribution in [3.05, 3.63) is 100 Å². The molecule has 174 valence electrons. The molecule has 0 saturated carbocycles. The van der Waals surface area contributed by atoms with Gasteiger partial charge in [0.25, 0.3) is 5.91 Å². The highest BCUT2D eigenvalue weighted by molar-refractivity contribution is 6.42. The van der Waals surface area contributed by atoms with Crippen molar-refractivity contribution in [2.24, 2.45) is 5.92 Å². The van der Waals surface area contributed by atoms with Crippen LogP contribution in [-0.4, -0.2) is 43.6 Å². The van der Waals surface area contributed by atoms with Crippen LogP contribution in [0.4, 0.5) is 0 Å². The molecule has 0 aliphatic carbocycles. The Balaban J connectivity index is 1.30. The summed E-state index contributed by atoms with van der Waals surface area (Å²) in [6.45, 7) is 1.42. The van der Waals surface area contributed by atoms with Crippen LogP contribution in [0.25, 0.3) is 5.82 Å². The van der Waals surface area contributed by atoms with Gasteiger partial charge in [-0.05, 0) is 73.7 Å². The Labute approximate surface area is 208 Å². The lowest BCUT2D eigenvalue weighted by molar-refractivity contribution is 0.0676. The SMILES string of the molecule is O=C(c1ccc(Cl)c(Cl)c1)N1CCC(C(Cc2cccc(-n3cccn3)n2)c2ccc[nH]2)CC1. The minimum Gasteiger partial charge on any atom is -0.365 e. The first-order valence-corrected chi connectivity index (χ1v) is 12.2. The van der Waals surface area contributed by atoms with Crippen molar-refractivity contribution >= 4 is 29.1 Å². The van der Waals surface area contributed by atoms with Crippen LogP contribution in [0.2, 0.25) is 10.0 Å². The lowest BCUT2D eigenvalue weighted by atomic mass is 9.79. The van der Waals surface area contributed by atoms with E-state index >= 15 is 0 Å². The van der Waals surface area contributed by atoms with Crippen molar-refractivity contribution in [1.29, 1.82) is 0 Å². The molecule has 34 heavy (non-hydrogen) atoms. The molecule has 1 N–H and O–H groups in total. The number of likely N-dealkylation sites (tertiary alicyclic amines) is 1. The number of pyridine rings is 1. The quantitative estimate of drug-likeness (QED) is 0.370. The summed E-state index contributed by atoms with van der Waals surface area (Å²) in [6, 6.07) is 17.2. The molecule has 8 heteroatoms. The summed E-state index contributed by atoms with van der Waals surface area (Å²) < 4.78 is 1.78. The van der Waals surface area contributed by atoms with Gasteiger partial charge in [0.15, 0.2) is 5.82 Å². The summed E-state index contributed by atoms with van der Waals surface area (Å²) in [5, 5.41) is 5.16. The molecule has 6 nitrogen and oxygen atoms in total. The molecular formula is C26H25Cl2N5O. The van der Waals surface area contributed by atoms with Gasteiger partial charge in [-0.15, -0.1) is 0 Å². The van der Waals surface area contributed by atoms with Crippen molar-refractivity contribution in [2.75, 3.05) is 13.1 Å². The number of aromatic nitrogens is 4. The van der Waals surface area contributed by atoms with Crippen molar-refractivity contribution < 1.29 is 4.79 Å². The molecule has 5 rings (SSSR count). The summed E-state index contributed by atoms with van der Waals surface area (Å²) in [6.07, 6.45) is 8.30. The number of carbonyl (C=O) groups is 1. The molecule has 1 aromatic carbocycles. The number of halogens is 2. The summed E-state index contributed by atoms with van der Waals surface area (Å²) in [5.41, 5.74) is 2.82. The molecule has 4 heterocycles. The van der Waals surface area contributed by atoms with E-state index in [0.29, 0.717) is 34.6 Å². The Morgan fingerprint density at radius 1 is 1.06 bits per heavy atom. The molecule has 0 bridgehead atoms. The second-order valence-electron chi connectivity index (χ2n) is 8.63. The van der Waals surface area contributed by atoms with E-state index < -0.39 is 0 Å². The van der Waals surface area contributed by atoms with Crippen molar-refractivity contribution in [3.63, 3.8) is 0 Å². The summed E-state index contributed by atoms with van der Waals surface area (Å²) >= 11 is 12.1. The predicted molar refractivity (Wildman–Crippen MR) is 134 cm³/mol. The molecular weight excluding hydrogens is 469 g/mol. The third-order valence-corrected chi connectivity index (χ3v) is 7.28. The number of benzene rings is 1. The molecule has 1 aliphatic rings. The third-order valence-electron chi connectivity index (χ3n) is 6.54. The predicted octanol–water partition coefficient (Wildman–Crippen LogP) is 5.78. The van der Waals surface area contributed by atoms with Gasteiger partial charge in [0.05, 0.1) is 10.0 Å². The number of piperidine rings is 1. The van der Waals surface area contributed by atoms with Gasteiger partial charge in [0, 0.05) is 54.5 Å². The average Bonchev–Trinajstić information content (AvgIpc) is 3.59. The first kappa shape index (κ1) is 22.7. The van der Waals surface area contributed by atoms with E-state index in [1.807, 2.05) is 41.6 Å². The van der Waals surface area contributed by atoms with Crippen LogP contribution in [0, 0.1) is 5.92 Å². The number of nitrogens with one attached hydrogen (secondary N) is 1. The third kappa shape index (κ3) is 4.88. The second-order valence-corrected chi connectivity index (χ2v) is 9.45. The number of hydrogen-bond donors (Lipinski definition) is 1. The van der Waals surface area contributed by atoms with E-state index in [4.69, 9.17) is 28.2 Å². The maximum Gasteiger partial charge on any atom is 0.253 e. The minimum absolute atomic E-state index is 0.00188. The van der Waals surface area contributed by atoms with Gasteiger partial charge in [-0.25, -0.2) is 9.67 Å². The number of aromatic amines is 1. The molecule has 3 aromatic heterocycles. The number of nitrogens with zero attached hydrogens (tertiary/aromatic N) is 4. The standard InChI is InChI=1S/C26H25Cl2N5O/c27-22-8-7-19(16-23(22)28)26(34)32-14-9-18(10-15-32)21(24-5-2-11-29-24)17-20-4-1-6-25(31-20)33-13-3-12-30-33/h1-8,11-13,16,18,21,29H,9-10,14-15,17H2. The highest BCUT2D eigenvalue weighted by Gasteiger charge is 2.31. The zero-order valence-electron chi connectivity index (χ0n) is 18.6. The Hall–Kier alpha value is -3.09. The molecule has 1 saturated heterocycles. The molecule has 1 fully saturated rings. The number of carbonyl (C=O) groups excluding carboxylic acids is 1. The Morgan fingerprint density at radius 2 is 1.91 bits per heavy atom. The maximum atomic E-state index is 13.0. The van der Waals surface area contributed by atoms with E-state index in [9.17, 15) is 4.79 Å². The summed E-state index contributed by atoms with van der Waals surface area (Å²) in [4.78, 5) is 23.2. The zero-order valence-corrected chi connectivity index (χ0v) is 20.1. The van der Waals surface area contributed by atoms with Gasteiger partial charge in [-0.3, -0.25) is 4.79 Å². The number of hydrogen-bond acceptors (Lipinski definition) is 3. The Morgan fingerprint density at radius 3 is 2.62 bits per heavy atom. The molecule has 1 unspecified atom stereocenters. The summed E-state index contributed by atoms with van der Waals surface area (Å²) in [5.74, 6) is 1.54. The van der Waals surface area contributed by atoms with Gasteiger partial charge < -0.3 is 9.88 Å². The molecule has 4 aromatic rings. The van der Waals surface area contributed by atoms with E-state index in [-0.39, 0.29) is 11.8 Å². The first-order valence-electron chi connectivity index (χ1n) is 11.4. The minimum atomic E-state index is 0.00188. The van der Waals surface area contributed by atoms with E-state index in [0.717, 1.165) is 30.8 Å². The van der Waals surface area contributed by atoms with Crippen LogP contribution in [0.1, 0.15) is 40.5 Å². The van der Waals surface area contributed by atoms with Gasteiger partial charge >= 0.3 is 0 Å². The van der Waals surface area contributed by atoms with E-state index in [2.05, 4.69) is 22.2 Å². The second kappa shape index (κ2) is 10.0. The van der Waals surface area contributed by atoms with Crippen LogP contribution in [0.15, 0.2) is 73.2 Å². The van der Waals surface area contributed by atoms with Crippen LogP contribution in [0.5, 0.6) is 0 Å².